The Morgan fingerprint density at radius 3 is 2.71 bits per heavy atom. The Labute approximate surface area is 184 Å². The van der Waals surface area contributed by atoms with Crippen LogP contribution >= 0.6 is 0 Å². The van der Waals surface area contributed by atoms with Gasteiger partial charge >= 0.3 is 0 Å². The van der Waals surface area contributed by atoms with Gasteiger partial charge in [-0.05, 0) is 30.0 Å². The van der Waals surface area contributed by atoms with Crippen molar-refractivity contribution in [2.45, 2.75) is 25.2 Å². The molecule has 0 aliphatic carbocycles. The van der Waals surface area contributed by atoms with Crippen LogP contribution in [0.1, 0.15) is 29.9 Å². The normalized spacial score (nSPS) is 20.9. The molecule has 0 radical (unpaired) electrons. The predicted molar refractivity (Wildman–Crippen MR) is 123 cm³/mol. The molecule has 1 amide bonds. The van der Waals surface area contributed by atoms with Crippen molar-refractivity contribution in [3.63, 3.8) is 0 Å². The van der Waals surface area contributed by atoms with Crippen LogP contribution in [0.3, 0.4) is 0 Å². The van der Waals surface area contributed by atoms with Crippen LogP contribution in [0, 0.1) is 5.92 Å². The lowest BCUT2D eigenvalue weighted by Gasteiger charge is -2.26. The zero-order valence-electron chi connectivity index (χ0n) is 18.2. The first-order chi connectivity index (χ1) is 15.2. The molecule has 0 spiro atoms. The molecule has 2 aliphatic heterocycles. The molecule has 1 fully saturated rings. The van der Waals surface area contributed by atoms with Crippen LogP contribution in [0.15, 0.2) is 59.6 Å². The molecule has 1 saturated heterocycles. The number of aliphatic imine (C=N–C) groups is 1. The quantitative estimate of drug-likeness (QED) is 0.534. The summed E-state index contributed by atoms with van der Waals surface area (Å²) >= 11 is 0. The topological polar surface area (TPSA) is 66.0 Å². The van der Waals surface area contributed by atoms with Crippen LogP contribution in [-0.4, -0.2) is 56.6 Å². The van der Waals surface area contributed by atoms with Crippen molar-refractivity contribution >= 4 is 11.9 Å². The molecule has 6 heteroatoms. The summed E-state index contributed by atoms with van der Waals surface area (Å²) < 4.78 is 5.76. The van der Waals surface area contributed by atoms with E-state index in [1.807, 2.05) is 35.2 Å². The highest BCUT2D eigenvalue weighted by Gasteiger charge is 2.29. The van der Waals surface area contributed by atoms with Crippen molar-refractivity contribution in [3.8, 4) is 5.75 Å². The summed E-state index contributed by atoms with van der Waals surface area (Å²) in [6.45, 7) is 3.90. The number of carbonyl (C=O) groups excluding carboxylic acids is 1. The monoisotopic (exact) mass is 420 g/mol. The number of hydrogen-bond acceptors (Lipinski definition) is 3. The number of nitrogens with zero attached hydrogens (tertiary/aromatic N) is 2. The second-order valence-corrected chi connectivity index (χ2v) is 8.35. The number of fused-ring (bicyclic) bond motifs is 1. The molecule has 2 N–H and O–H groups in total. The summed E-state index contributed by atoms with van der Waals surface area (Å²) in [5, 5.41) is 6.88. The van der Waals surface area contributed by atoms with Crippen LogP contribution in [0.4, 0.5) is 0 Å². The lowest BCUT2D eigenvalue weighted by atomic mass is 9.93. The second kappa shape index (κ2) is 10.3. The van der Waals surface area contributed by atoms with Gasteiger partial charge in [0.1, 0.15) is 5.75 Å². The number of likely N-dealkylation sites (tertiary alicyclic amines) is 1. The van der Waals surface area contributed by atoms with E-state index in [9.17, 15) is 4.79 Å². The Hall–Kier alpha value is -3.02. The summed E-state index contributed by atoms with van der Waals surface area (Å²) in [5.74, 6) is 2.75. The summed E-state index contributed by atoms with van der Waals surface area (Å²) in [6.07, 6.45) is 2.50. The van der Waals surface area contributed by atoms with Gasteiger partial charge in [-0.25, -0.2) is 0 Å². The fourth-order valence-corrected chi connectivity index (χ4v) is 4.42. The van der Waals surface area contributed by atoms with Gasteiger partial charge in [-0.3, -0.25) is 9.79 Å². The van der Waals surface area contributed by atoms with Crippen molar-refractivity contribution < 1.29 is 9.53 Å². The number of para-hydroxylation sites is 1. The van der Waals surface area contributed by atoms with Crippen LogP contribution in [0.2, 0.25) is 0 Å². The molecule has 31 heavy (non-hydrogen) atoms. The summed E-state index contributed by atoms with van der Waals surface area (Å²) in [7, 11) is 1.79. The maximum Gasteiger partial charge on any atom is 0.223 e. The van der Waals surface area contributed by atoms with E-state index >= 15 is 0 Å². The average Bonchev–Trinajstić information content (AvgIpc) is 3.18. The molecule has 164 valence electrons. The van der Waals surface area contributed by atoms with Gasteiger partial charge in [0.2, 0.25) is 5.91 Å². The van der Waals surface area contributed by atoms with Gasteiger partial charge in [0, 0.05) is 51.5 Å². The van der Waals surface area contributed by atoms with Crippen molar-refractivity contribution in [2.24, 2.45) is 10.9 Å². The van der Waals surface area contributed by atoms with Gasteiger partial charge in [0.15, 0.2) is 5.96 Å². The Morgan fingerprint density at radius 1 is 1.10 bits per heavy atom. The molecule has 0 aromatic heterocycles. The van der Waals surface area contributed by atoms with Crippen molar-refractivity contribution in [1.82, 2.24) is 15.5 Å². The lowest BCUT2D eigenvalue weighted by Crippen LogP contribution is -2.42. The van der Waals surface area contributed by atoms with Gasteiger partial charge in [-0.1, -0.05) is 48.5 Å². The zero-order valence-corrected chi connectivity index (χ0v) is 18.2. The highest BCUT2D eigenvalue weighted by atomic mass is 16.5. The smallest absolute Gasteiger partial charge is 0.223 e. The number of hydrogen-bond donors (Lipinski definition) is 2. The van der Waals surface area contributed by atoms with E-state index in [-0.39, 0.29) is 5.91 Å². The Morgan fingerprint density at radius 2 is 1.87 bits per heavy atom. The predicted octanol–water partition coefficient (Wildman–Crippen LogP) is 2.81. The molecule has 2 atom stereocenters. The summed E-state index contributed by atoms with van der Waals surface area (Å²) in [5.41, 5.74) is 2.53. The number of amides is 1. The molecule has 2 aliphatic rings. The second-order valence-electron chi connectivity index (χ2n) is 8.35. The van der Waals surface area contributed by atoms with E-state index in [2.05, 4.69) is 39.9 Å². The van der Waals surface area contributed by atoms with Crippen LogP contribution in [-0.2, 0) is 11.2 Å². The summed E-state index contributed by atoms with van der Waals surface area (Å²) in [6, 6.07) is 18.6. The number of benzene rings is 2. The fraction of sp³-hybridized carbons (Fsp3) is 0.440. The minimum absolute atomic E-state index is 0.254. The lowest BCUT2D eigenvalue weighted by molar-refractivity contribution is -0.127. The fourth-order valence-electron chi connectivity index (χ4n) is 4.42. The molecule has 4 rings (SSSR count). The van der Waals surface area contributed by atoms with Crippen LogP contribution in [0.5, 0.6) is 5.75 Å². The van der Waals surface area contributed by atoms with Crippen molar-refractivity contribution in [3.05, 3.63) is 65.7 Å². The summed E-state index contributed by atoms with van der Waals surface area (Å²) in [4.78, 5) is 18.8. The van der Waals surface area contributed by atoms with Gasteiger partial charge in [-0.15, -0.1) is 0 Å². The number of carbonyl (C=O) groups is 1. The average molecular weight is 421 g/mol. The van der Waals surface area contributed by atoms with E-state index in [1.54, 1.807) is 7.05 Å². The van der Waals surface area contributed by atoms with Crippen molar-refractivity contribution in [1.29, 1.82) is 0 Å². The van der Waals surface area contributed by atoms with E-state index in [1.165, 1.54) is 11.1 Å². The van der Waals surface area contributed by atoms with E-state index < -0.39 is 0 Å². The zero-order chi connectivity index (χ0) is 21.5. The van der Waals surface area contributed by atoms with E-state index in [0.717, 1.165) is 57.3 Å². The van der Waals surface area contributed by atoms with E-state index in [4.69, 9.17) is 4.74 Å². The van der Waals surface area contributed by atoms with Crippen molar-refractivity contribution in [2.75, 3.05) is 39.8 Å². The molecular formula is C25H32N4O2. The number of nitrogens with one attached hydrogen (secondary N) is 2. The third-order valence-corrected chi connectivity index (χ3v) is 6.19. The van der Waals surface area contributed by atoms with E-state index in [0.29, 0.717) is 18.3 Å². The first kappa shape index (κ1) is 21.2. The highest BCUT2D eigenvalue weighted by Crippen LogP contribution is 2.32. The Balaban J connectivity index is 1.22. The molecular weight excluding hydrogens is 388 g/mol. The SMILES string of the molecule is CN=C(NCC1CC(=O)N(CCc2ccccc2)C1)NCC1CCOc2ccccc21. The Kier molecular flexibility index (Phi) is 7.07. The van der Waals surface area contributed by atoms with Gasteiger partial charge in [0.25, 0.3) is 0 Å². The highest BCUT2D eigenvalue weighted by molar-refractivity contribution is 5.81. The first-order valence-corrected chi connectivity index (χ1v) is 11.2. The molecule has 6 nitrogen and oxygen atoms in total. The third-order valence-electron chi connectivity index (χ3n) is 6.19. The minimum Gasteiger partial charge on any atom is -0.493 e. The maximum atomic E-state index is 12.4. The van der Waals surface area contributed by atoms with Crippen LogP contribution < -0.4 is 15.4 Å². The molecule has 2 heterocycles. The third kappa shape index (κ3) is 5.57. The number of rotatable bonds is 7. The Bertz CT molecular complexity index is 899. The first-order valence-electron chi connectivity index (χ1n) is 11.2. The molecule has 2 aromatic rings. The molecule has 2 unspecified atom stereocenters. The molecule has 2 aromatic carbocycles. The molecule has 0 saturated carbocycles. The molecule has 0 bridgehead atoms. The number of ether oxygens (including phenoxy) is 1. The van der Waals surface area contributed by atoms with Gasteiger partial charge < -0.3 is 20.3 Å². The minimum atomic E-state index is 0.254. The number of guanidine groups is 1. The van der Waals surface area contributed by atoms with Gasteiger partial charge in [0.05, 0.1) is 6.61 Å². The van der Waals surface area contributed by atoms with Crippen LogP contribution in [0.25, 0.3) is 0 Å². The standard InChI is InChI=1S/C25H32N4O2/c1-26-25(28-17-21-12-14-31-23-10-6-5-9-22(21)23)27-16-20-15-24(30)29(18-20)13-11-19-7-3-2-4-8-19/h2-10,20-21H,11-18H2,1H3,(H2,26,27,28). The van der Waals surface area contributed by atoms with Gasteiger partial charge in [-0.2, -0.15) is 0 Å². The largest absolute Gasteiger partial charge is 0.493 e. The maximum absolute atomic E-state index is 12.4.